The maximum absolute atomic E-state index is 11.3. The molecule has 1 unspecified atom stereocenters. The Morgan fingerprint density at radius 1 is 1.38 bits per heavy atom. The lowest BCUT2D eigenvalue weighted by molar-refractivity contribution is -0.117. The minimum atomic E-state index is -0.582. The molecular weight excluding hydrogens is 168 g/mol. The third-order valence-electron chi connectivity index (χ3n) is 1.94. The number of hydrogen-bond donors (Lipinski definition) is 2. The number of para-hydroxylation sites is 1. The maximum Gasteiger partial charge on any atom is 0.255 e. The third-order valence-corrected chi connectivity index (χ3v) is 1.94. The van der Waals surface area contributed by atoms with Gasteiger partial charge in [0.05, 0.1) is 0 Å². The summed E-state index contributed by atoms with van der Waals surface area (Å²) in [6.07, 6.45) is 0. The molecule has 13 heavy (non-hydrogen) atoms. The minimum Gasteiger partial charge on any atom is -0.324 e. The van der Waals surface area contributed by atoms with Gasteiger partial charge in [0, 0.05) is 11.3 Å². The first-order chi connectivity index (χ1) is 6.33. The van der Waals surface area contributed by atoms with E-state index < -0.39 is 6.04 Å². The van der Waals surface area contributed by atoms with Crippen LogP contribution in [0.25, 0.3) is 0 Å². The molecule has 0 radical (unpaired) electrons. The van der Waals surface area contributed by atoms with Crippen LogP contribution in [0.5, 0.6) is 0 Å². The summed E-state index contributed by atoms with van der Waals surface area (Å²) in [5.41, 5.74) is 1.60. The van der Waals surface area contributed by atoms with Crippen molar-refractivity contribution in [3.05, 3.63) is 29.8 Å². The van der Waals surface area contributed by atoms with Gasteiger partial charge in [0.15, 0.2) is 6.04 Å². The molecule has 1 atom stereocenters. The van der Waals surface area contributed by atoms with Gasteiger partial charge in [0.25, 0.3) is 5.91 Å². The number of amides is 1. The molecule has 5 nitrogen and oxygen atoms in total. The molecule has 0 spiro atoms. The van der Waals surface area contributed by atoms with Gasteiger partial charge in [0.2, 0.25) is 0 Å². The number of carbonyl (C=O) groups is 1. The quantitative estimate of drug-likeness (QED) is 0.380. The minimum absolute atomic E-state index is 0.185. The Balaban J connectivity index is 2.46. The third kappa shape index (κ3) is 1.14. The molecule has 1 aliphatic rings. The van der Waals surface area contributed by atoms with Crippen LogP contribution in [0.2, 0.25) is 0 Å². The molecular formula is C8H8N4O. The van der Waals surface area contributed by atoms with E-state index in [4.69, 9.17) is 5.84 Å². The second-order valence-electron chi connectivity index (χ2n) is 2.71. The first-order valence-corrected chi connectivity index (χ1v) is 3.83. The lowest BCUT2D eigenvalue weighted by atomic mass is 10.1. The summed E-state index contributed by atoms with van der Waals surface area (Å²) in [6.45, 7) is 0. The molecule has 0 saturated heterocycles. The number of anilines is 1. The van der Waals surface area contributed by atoms with Crippen molar-refractivity contribution in [2.45, 2.75) is 6.04 Å². The zero-order valence-corrected chi connectivity index (χ0v) is 6.77. The number of rotatable bonds is 1. The molecule has 1 aromatic rings. The average molecular weight is 176 g/mol. The van der Waals surface area contributed by atoms with Gasteiger partial charge in [-0.15, -0.1) is 0 Å². The molecule has 3 N–H and O–H groups in total. The molecule has 1 aromatic carbocycles. The van der Waals surface area contributed by atoms with Crippen molar-refractivity contribution >= 4 is 11.6 Å². The van der Waals surface area contributed by atoms with E-state index in [1.54, 1.807) is 0 Å². The highest BCUT2D eigenvalue weighted by Crippen LogP contribution is 2.32. The largest absolute Gasteiger partial charge is 0.324 e. The van der Waals surface area contributed by atoms with Crippen molar-refractivity contribution in [1.29, 1.82) is 0 Å². The Labute approximate surface area is 74.6 Å². The van der Waals surface area contributed by atoms with E-state index in [0.717, 1.165) is 11.3 Å². The predicted molar refractivity (Wildman–Crippen MR) is 46.9 cm³/mol. The SMILES string of the molecule is NN=NC1C(=O)Nc2ccccc21. The molecule has 0 saturated carbocycles. The normalized spacial score (nSPS) is 20.3. The summed E-state index contributed by atoms with van der Waals surface area (Å²) in [5.74, 6) is 4.72. The molecule has 66 valence electrons. The van der Waals surface area contributed by atoms with Crippen molar-refractivity contribution in [3.63, 3.8) is 0 Å². The predicted octanol–water partition coefficient (Wildman–Crippen LogP) is 1.01. The summed E-state index contributed by atoms with van der Waals surface area (Å²) < 4.78 is 0. The van der Waals surface area contributed by atoms with Crippen LogP contribution in [-0.4, -0.2) is 5.91 Å². The van der Waals surface area contributed by atoms with Crippen LogP contribution >= 0.6 is 0 Å². The molecule has 1 aliphatic heterocycles. The maximum atomic E-state index is 11.3. The fourth-order valence-corrected chi connectivity index (χ4v) is 1.37. The fraction of sp³-hybridized carbons (Fsp3) is 0.125. The first-order valence-electron chi connectivity index (χ1n) is 3.83. The summed E-state index contributed by atoms with van der Waals surface area (Å²) in [7, 11) is 0. The van der Waals surface area contributed by atoms with Gasteiger partial charge in [-0.2, -0.15) is 5.11 Å². The van der Waals surface area contributed by atoms with Crippen LogP contribution in [-0.2, 0) is 4.79 Å². The highest BCUT2D eigenvalue weighted by atomic mass is 16.2. The topological polar surface area (TPSA) is 79.8 Å². The van der Waals surface area contributed by atoms with Gasteiger partial charge >= 0.3 is 0 Å². The van der Waals surface area contributed by atoms with Gasteiger partial charge in [-0.25, -0.2) is 0 Å². The standard InChI is InChI=1S/C8H8N4O/c9-12-11-7-5-3-1-2-4-6(5)10-8(7)13/h1-4,7H,(H2,9,11)(H,10,13). The number of fused-ring (bicyclic) bond motifs is 1. The van der Waals surface area contributed by atoms with Crippen molar-refractivity contribution in [3.8, 4) is 0 Å². The van der Waals surface area contributed by atoms with Gasteiger partial charge < -0.3 is 11.2 Å². The molecule has 1 heterocycles. The monoisotopic (exact) mass is 176 g/mol. The number of carbonyl (C=O) groups excluding carboxylic acids is 1. The Bertz CT molecular complexity index is 374. The summed E-state index contributed by atoms with van der Waals surface area (Å²) in [6, 6.07) is 6.76. The van der Waals surface area contributed by atoms with E-state index in [0.29, 0.717) is 0 Å². The Morgan fingerprint density at radius 2 is 2.15 bits per heavy atom. The van der Waals surface area contributed by atoms with E-state index >= 15 is 0 Å². The van der Waals surface area contributed by atoms with Crippen LogP contribution in [0.1, 0.15) is 11.6 Å². The van der Waals surface area contributed by atoms with Crippen molar-refractivity contribution < 1.29 is 4.79 Å². The highest BCUT2D eigenvalue weighted by Gasteiger charge is 2.29. The van der Waals surface area contributed by atoms with Gasteiger partial charge in [0.1, 0.15) is 0 Å². The number of nitrogens with one attached hydrogen (secondary N) is 1. The summed E-state index contributed by atoms with van der Waals surface area (Å²) in [4.78, 5) is 11.3. The molecule has 0 aromatic heterocycles. The van der Waals surface area contributed by atoms with Gasteiger partial charge in [-0.3, -0.25) is 4.79 Å². The van der Waals surface area contributed by atoms with E-state index in [2.05, 4.69) is 15.7 Å². The molecule has 1 amide bonds. The van der Waals surface area contributed by atoms with Gasteiger partial charge in [-0.1, -0.05) is 23.4 Å². The number of hydrogen-bond acceptors (Lipinski definition) is 3. The van der Waals surface area contributed by atoms with Crippen LogP contribution in [0, 0.1) is 0 Å². The van der Waals surface area contributed by atoms with E-state index in [1.807, 2.05) is 24.3 Å². The van der Waals surface area contributed by atoms with Crippen LogP contribution < -0.4 is 11.2 Å². The van der Waals surface area contributed by atoms with Crippen LogP contribution in [0.4, 0.5) is 5.69 Å². The van der Waals surface area contributed by atoms with Gasteiger partial charge in [-0.05, 0) is 6.07 Å². The van der Waals surface area contributed by atoms with Crippen LogP contribution in [0.15, 0.2) is 34.6 Å². The number of nitrogens with two attached hydrogens (primary N) is 1. The number of nitrogens with zero attached hydrogens (tertiary/aromatic N) is 2. The Hall–Kier alpha value is -1.91. The van der Waals surface area contributed by atoms with Crippen LogP contribution in [0.3, 0.4) is 0 Å². The summed E-state index contributed by atoms with van der Waals surface area (Å²) >= 11 is 0. The fourth-order valence-electron chi connectivity index (χ4n) is 1.37. The second-order valence-corrected chi connectivity index (χ2v) is 2.71. The van der Waals surface area contributed by atoms with E-state index in [-0.39, 0.29) is 5.91 Å². The van der Waals surface area contributed by atoms with Crippen molar-refractivity contribution in [2.24, 2.45) is 16.2 Å². The van der Waals surface area contributed by atoms with E-state index in [9.17, 15) is 4.79 Å². The zero-order chi connectivity index (χ0) is 9.26. The highest BCUT2D eigenvalue weighted by molar-refractivity contribution is 6.02. The van der Waals surface area contributed by atoms with Crippen molar-refractivity contribution in [2.75, 3.05) is 5.32 Å². The smallest absolute Gasteiger partial charge is 0.255 e. The Morgan fingerprint density at radius 3 is 2.92 bits per heavy atom. The molecule has 0 aliphatic carbocycles. The van der Waals surface area contributed by atoms with E-state index in [1.165, 1.54) is 0 Å². The second kappa shape index (κ2) is 2.85. The Kier molecular flexibility index (Phi) is 1.70. The average Bonchev–Trinajstić information content (AvgIpc) is 2.44. The summed E-state index contributed by atoms with van der Waals surface area (Å²) in [5, 5.41) is 9.45. The molecule has 2 rings (SSSR count). The lowest BCUT2D eigenvalue weighted by Gasteiger charge is -1.98. The molecule has 0 fully saturated rings. The first kappa shape index (κ1) is 7.72. The van der Waals surface area contributed by atoms with Crippen molar-refractivity contribution in [1.82, 2.24) is 0 Å². The molecule has 0 bridgehead atoms. The zero-order valence-electron chi connectivity index (χ0n) is 6.77. The lowest BCUT2D eigenvalue weighted by Crippen LogP contribution is -2.09. The molecule has 5 heteroatoms. The number of benzene rings is 1.